The molecule has 3 nitrogen and oxygen atoms in total. The van der Waals surface area contributed by atoms with E-state index in [1.807, 2.05) is 0 Å². The Labute approximate surface area is 156 Å². The van der Waals surface area contributed by atoms with E-state index in [-0.39, 0.29) is 11.8 Å². The number of carbonyl (C=O) groups excluding carboxylic acids is 1. The maximum absolute atomic E-state index is 11.5. The van der Waals surface area contributed by atoms with Crippen molar-refractivity contribution >= 4 is 5.91 Å². The quantitative estimate of drug-likeness (QED) is 0.673. The average molecular weight is 351 g/mol. The Morgan fingerprint density at radius 2 is 1.88 bits per heavy atom. The molecule has 2 aromatic carbocycles. The summed E-state index contributed by atoms with van der Waals surface area (Å²) in [4.78, 5) is 11.5. The van der Waals surface area contributed by atoms with Crippen LogP contribution in [0.5, 0.6) is 5.75 Å². The van der Waals surface area contributed by atoms with Gasteiger partial charge in [-0.2, -0.15) is 0 Å². The first-order chi connectivity index (χ1) is 12.7. The van der Waals surface area contributed by atoms with Crippen molar-refractivity contribution in [3.63, 3.8) is 0 Å². The third kappa shape index (κ3) is 4.46. The summed E-state index contributed by atoms with van der Waals surface area (Å²) in [5.41, 5.74) is 4.84. The van der Waals surface area contributed by atoms with E-state index in [1.54, 1.807) is 7.11 Å². The van der Waals surface area contributed by atoms with Crippen LogP contribution >= 0.6 is 0 Å². The highest BCUT2D eigenvalue weighted by molar-refractivity contribution is 5.80. The van der Waals surface area contributed by atoms with Crippen molar-refractivity contribution in [2.75, 3.05) is 13.7 Å². The zero-order chi connectivity index (χ0) is 18.4. The number of nitrogens with one attached hydrogen (secondary N) is 1. The fourth-order valence-electron chi connectivity index (χ4n) is 3.65. The number of benzene rings is 2. The van der Waals surface area contributed by atoms with Crippen LogP contribution in [0.1, 0.15) is 56.1 Å². The van der Waals surface area contributed by atoms with E-state index >= 15 is 0 Å². The SMILES string of the molecule is CCCCCCc1ccc(-c2ccc(C3CNC(=O)C3)cc2OC)cc1. The standard InChI is InChI=1S/C23H29NO2/c1-3-4-5-6-7-17-8-10-18(11-9-17)21-13-12-19(14-22(21)26-2)20-15-23(25)24-16-20/h8-14,20H,3-7,15-16H2,1-2H3,(H,24,25). The van der Waals surface area contributed by atoms with Crippen molar-refractivity contribution in [1.82, 2.24) is 5.32 Å². The summed E-state index contributed by atoms with van der Waals surface area (Å²) in [5.74, 6) is 1.25. The number of carbonyl (C=O) groups is 1. The van der Waals surface area contributed by atoms with Crippen molar-refractivity contribution in [3.05, 3.63) is 53.6 Å². The lowest BCUT2D eigenvalue weighted by Crippen LogP contribution is -2.13. The minimum absolute atomic E-state index is 0.132. The molecule has 1 amide bonds. The van der Waals surface area contributed by atoms with Crippen LogP contribution in [0, 0.1) is 0 Å². The van der Waals surface area contributed by atoms with Crippen molar-refractivity contribution in [1.29, 1.82) is 0 Å². The van der Waals surface area contributed by atoms with E-state index in [1.165, 1.54) is 36.8 Å². The lowest BCUT2D eigenvalue weighted by Gasteiger charge is -2.14. The van der Waals surface area contributed by atoms with Gasteiger partial charge in [-0.05, 0) is 35.6 Å². The molecule has 1 saturated heterocycles. The second kappa shape index (κ2) is 8.88. The fourth-order valence-corrected chi connectivity index (χ4v) is 3.65. The zero-order valence-corrected chi connectivity index (χ0v) is 15.9. The molecule has 1 N–H and O–H groups in total. The van der Waals surface area contributed by atoms with Gasteiger partial charge in [0.2, 0.25) is 5.91 Å². The molecule has 2 aromatic rings. The minimum Gasteiger partial charge on any atom is -0.496 e. The molecular formula is C23H29NO2. The van der Waals surface area contributed by atoms with Crippen LogP contribution in [0.4, 0.5) is 0 Å². The average Bonchev–Trinajstić information content (AvgIpc) is 3.12. The number of hydrogen-bond donors (Lipinski definition) is 1. The summed E-state index contributed by atoms with van der Waals surface area (Å²) in [7, 11) is 1.71. The molecule has 0 radical (unpaired) electrons. The predicted molar refractivity (Wildman–Crippen MR) is 107 cm³/mol. The van der Waals surface area contributed by atoms with E-state index in [9.17, 15) is 4.79 Å². The highest BCUT2D eigenvalue weighted by Crippen LogP contribution is 2.34. The first-order valence-electron chi connectivity index (χ1n) is 9.75. The maximum atomic E-state index is 11.5. The molecule has 0 bridgehead atoms. The second-order valence-corrected chi connectivity index (χ2v) is 7.17. The summed E-state index contributed by atoms with van der Waals surface area (Å²) in [6, 6.07) is 15.2. The molecule has 1 atom stereocenters. The minimum atomic E-state index is 0.132. The van der Waals surface area contributed by atoms with Crippen LogP contribution in [0.2, 0.25) is 0 Å². The van der Waals surface area contributed by atoms with Gasteiger partial charge in [0.1, 0.15) is 5.75 Å². The molecule has 0 saturated carbocycles. The highest BCUT2D eigenvalue weighted by Gasteiger charge is 2.23. The summed E-state index contributed by atoms with van der Waals surface area (Å²) >= 11 is 0. The molecule has 1 unspecified atom stereocenters. The second-order valence-electron chi connectivity index (χ2n) is 7.17. The lowest BCUT2D eigenvalue weighted by atomic mass is 9.94. The van der Waals surface area contributed by atoms with Gasteiger partial charge in [0.15, 0.2) is 0 Å². The summed E-state index contributed by atoms with van der Waals surface area (Å²) in [6.07, 6.45) is 6.89. The van der Waals surface area contributed by atoms with Gasteiger partial charge in [-0.1, -0.05) is 62.6 Å². The molecule has 138 valence electrons. The van der Waals surface area contributed by atoms with Crippen LogP contribution in [-0.2, 0) is 11.2 Å². The van der Waals surface area contributed by atoms with Crippen LogP contribution in [0.25, 0.3) is 11.1 Å². The van der Waals surface area contributed by atoms with Gasteiger partial charge >= 0.3 is 0 Å². The Kier molecular flexibility index (Phi) is 6.32. The highest BCUT2D eigenvalue weighted by atomic mass is 16.5. The molecule has 0 aromatic heterocycles. The molecule has 1 aliphatic heterocycles. The van der Waals surface area contributed by atoms with Crippen molar-refractivity contribution < 1.29 is 9.53 Å². The van der Waals surface area contributed by atoms with Gasteiger partial charge in [0, 0.05) is 24.4 Å². The zero-order valence-electron chi connectivity index (χ0n) is 15.9. The van der Waals surface area contributed by atoms with Crippen LogP contribution in [-0.4, -0.2) is 19.6 Å². The van der Waals surface area contributed by atoms with Gasteiger partial charge in [0.05, 0.1) is 7.11 Å². The Hall–Kier alpha value is -2.29. The number of rotatable bonds is 8. The molecule has 26 heavy (non-hydrogen) atoms. The number of unbranched alkanes of at least 4 members (excludes halogenated alkanes) is 3. The Morgan fingerprint density at radius 1 is 1.08 bits per heavy atom. The molecule has 0 spiro atoms. The first kappa shape index (κ1) is 18.5. The maximum Gasteiger partial charge on any atom is 0.220 e. The van der Waals surface area contributed by atoms with E-state index < -0.39 is 0 Å². The summed E-state index contributed by atoms with van der Waals surface area (Å²) in [6.45, 7) is 2.96. The lowest BCUT2D eigenvalue weighted by molar-refractivity contribution is -0.119. The number of ether oxygens (including phenoxy) is 1. The smallest absolute Gasteiger partial charge is 0.220 e. The largest absolute Gasteiger partial charge is 0.496 e. The van der Waals surface area contributed by atoms with Gasteiger partial charge < -0.3 is 10.1 Å². The topological polar surface area (TPSA) is 38.3 Å². The molecular weight excluding hydrogens is 322 g/mol. The van der Waals surface area contributed by atoms with Gasteiger partial charge in [0.25, 0.3) is 0 Å². The van der Waals surface area contributed by atoms with Gasteiger partial charge in [-0.3, -0.25) is 4.79 Å². The van der Waals surface area contributed by atoms with Crippen molar-refractivity contribution in [2.45, 2.75) is 51.4 Å². The molecule has 1 heterocycles. The molecule has 1 fully saturated rings. The summed E-state index contributed by atoms with van der Waals surface area (Å²) < 4.78 is 5.64. The Morgan fingerprint density at radius 3 is 2.54 bits per heavy atom. The van der Waals surface area contributed by atoms with Crippen LogP contribution < -0.4 is 10.1 Å². The van der Waals surface area contributed by atoms with Gasteiger partial charge in [-0.25, -0.2) is 0 Å². The van der Waals surface area contributed by atoms with E-state index in [0.717, 1.165) is 23.3 Å². The Bertz CT molecular complexity index is 736. The van der Waals surface area contributed by atoms with E-state index in [4.69, 9.17) is 4.74 Å². The predicted octanol–water partition coefficient (Wildman–Crippen LogP) is 5.09. The van der Waals surface area contributed by atoms with Crippen molar-refractivity contribution in [2.24, 2.45) is 0 Å². The van der Waals surface area contributed by atoms with Crippen LogP contribution in [0.3, 0.4) is 0 Å². The monoisotopic (exact) mass is 351 g/mol. The molecule has 0 aliphatic carbocycles. The number of amides is 1. The molecule has 1 aliphatic rings. The number of aryl methyl sites for hydroxylation is 1. The Balaban J connectivity index is 1.72. The van der Waals surface area contributed by atoms with E-state index in [2.05, 4.69) is 54.7 Å². The fraction of sp³-hybridized carbons (Fsp3) is 0.435. The van der Waals surface area contributed by atoms with Gasteiger partial charge in [-0.15, -0.1) is 0 Å². The summed E-state index contributed by atoms with van der Waals surface area (Å²) in [5, 5.41) is 2.90. The normalized spacial score (nSPS) is 16.5. The molecule has 3 heteroatoms. The third-order valence-corrected chi connectivity index (χ3v) is 5.26. The van der Waals surface area contributed by atoms with Crippen LogP contribution in [0.15, 0.2) is 42.5 Å². The number of hydrogen-bond acceptors (Lipinski definition) is 2. The molecule has 3 rings (SSSR count). The third-order valence-electron chi connectivity index (χ3n) is 5.26. The van der Waals surface area contributed by atoms with Crippen molar-refractivity contribution in [3.8, 4) is 16.9 Å². The first-order valence-corrected chi connectivity index (χ1v) is 9.75. The van der Waals surface area contributed by atoms with E-state index in [0.29, 0.717) is 13.0 Å². The number of methoxy groups -OCH3 is 1.